The number of hydrogen-bond donors (Lipinski definition) is 2. The van der Waals surface area contributed by atoms with Gasteiger partial charge in [-0.15, -0.1) is 0 Å². The van der Waals surface area contributed by atoms with Gasteiger partial charge in [0.2, 0.25) is 0 Å². The SMILES string of the molecule is Cn1nccc1-c1cccc(C(=O)Nc2cc(C(=O)NC3CCC3)cc3c2C(c2cc(F)ccc2Cl)=NC3=O)c1. The Morgan fingerprint density at radius 1 is 1.00 bits per heavy atom. The number of aryl methyl sites for hydroxylation is 1. The Balaban J connectivity index is 1.42. The molecule has 8 nitrogen and oxygen atoms in total. The maximum atomic E-state index is 14.2. The van der Waals surface area contributed by atoms with Crippen LogP contribution in [0.2, 0.25) is 5.02 Å². The van der Waals surface area contributed by atoms with Crippen molar-refractivity contribution in [2.45, 2.75) is 25.3 Å². The van der Waals surface area contributed by atoms with Crippen molar-refractivity contribution >= 4 is 40.7 Å². The predicted octanol–water partition coefficient (Wildman–Crippen LogP) is 5.41. The van der Waals surface area contributed by atoms with Gasteiger partial charge in [-0.25, -0.2) is 9.38 Å². The number of nitrogens with one attached hydrogen (secondary N) is 2. The van der Waals surface area contributed by atoms with Crippen LogP contribution < -0.4 is 10.6 Å². The summed E-state index contributed by atoms with van der Waals surface area (Å²) in [6.07, 6.45) is 4.48. The fourth-order valence-corrected chi connectivity index (χ4v) is 5.09. The molecule has 0 atom stereocenters. The van der Waals surface area contributed by atoms with Crippen LogP contribution in [0.4, 0.5) is 10.1 Å². The Hall–Kier alpha value is -4.63. The predicted molar refractivity (Wildman–Crippen MR) is 150 cm³/mol. The molecule has 0 unspecified atom stereocenters. The summed E-state index contributed by atoms with van der Waals surface area (Å²) in [6, 6.07) is 15.6. The van der Waals surface area contributed by atoms with Gasteiger partial charge >= 0.3 is 0 Å². The molecule has 200 valence electrons. The summed E-state index contributed by atoms with van der Waals surface area (Å²) in [5.74, 6) is -1.99. The van der Waals surface area contributed by atoms with E-state index < -0.39 is 17.6 Å². The average Bonchev–Trinajstić information content (AvgIpc) is 3.50. The second-order valence-electron chi connectivity index (χ2n) is 9.81. The summed E-state index contributed by atoms with van der Waals surface area (Å²) >= 11 is 6.37. The minimum Gasteiger partial charge on any atom is -0.349 e. The van der Waals surface area contributed by atoms with Gasteiger partial charge in [0.15, 0.2) is 0 Å². The standard InChI is InChI=1S/C30H23ClFN5O3/c1-37-25(10-11-33-37)16-4-2-5-17(12-16)28(38)35-24-14-18(29(39)34-20-6-3-7-20)13-22-26(24)27(36-30(22)40)21-15-19(32)8-9-23(21)31/h2,4-5,8-15,20H,3,6-7H2,1H3,(H,34,39)(H,35,38). The zero-order chi connectivity index (χ0) is 28.0. The summed E-state index contributed by atoms with van der Waals surface area (Å²) in [5.41, 5.74) is 3.08. The lowest BCUT2D eigenvalue weighted by Crippen LogP contribution is -2.39. The molecule has 3 aromatic carbocycles. The number of fused-ring (bicyclic) bond motifs is 1. The molecule has 10 heteroatoms. The summed E-state index contributed by atoms with van der Waals surface area (Å²) in [7, 11) is 1.81. The highest BCUT2D eigenvalue weighted by atomic mass is 35.5. The lowest BCUT2D eigenvalue weighted by Gasteiger charge is -2.26. The highest BCUT2D eigenvalue weighted by molar-refractivity contribution is 6.39. The number of carbonyl (C=O) groups is 3. The van der Waals surface area contributed by atoms with Crippen LogP contribution in [0, 0.1) is 5.82 Å². The largest absolute Gasteiger partial charge is 0.349 e. The zero-order valence-electron chi connectivity index (χ0n) is 21.4. The van der Waals surface area contributed by atoms with Crippen LogP contribution in [0.25, 0.3) is 11.3 Å². The Morgan fingerprint density at radius 2 is 1.82 bits per heavy atom. The number of benzene rings is 3. The smallest absolute Gasteiger partial charge is 0.278 e. The molecule has 0 saturated heterocycles. The zero-order valence-corrected chi connectivity index (χ0v) is 22.1. The molecule has 40 heavy (non-hydrogen) atoms. The summed E-state index contributed by atoms with van der Waals surface area (Å²) < 4.78 is 15.9. The van der Waals surface area contributed by atoms with E-state index >= 15 is 0 Å². The second kappa shape index (κ2) is 10.2. The molecule has 1 fully saturated rings. The number of rotatable bonds is 6. The van der Waals surface area contributed by atoms with Crippen LogP contribution in [0.5, 0.6) is 0 Å². The van der Waals surface area contributed by atoms with E-state index in [2.05, 4.69) is 20.7 Å². The third-order valence-electron chi connectivity index (χ3n) is 7.19. The number of anilines is 1. The maximum absolute atomic E-state index is 14.2. The topological polar surface area (TPSA) is 105 Å². The van der Waals surface area contributed by atoms with Crippen molar-refractivity contribution in [3.8, 4) is 11.3 Å². The summed E-state index contributed by atoms with van der Waals surface area (Å²) in [4.78, 5) is 43.8. The van der Waals surface area contributed by atoms with Crippen LogP contribution >= 0.6 is 11.6 Å². The summed E-state index contributed by atoms with van der Waals surface area (Å²) in [5, 5.41) is 10.2. The number of aliphatic imine (C=N–C) groups is 1. The quantitative estimate of drug-likeness (QED) is 0.332. The molecule has 2 N–H and O–H groups in total. The monoisotopic (exact) mass is 555 g/mol. The van der Waals surface area contributed by atoms with Crippen LogP contribution in [-0.2, 0) is 7.05 Å². The molecule has 1 aliphatic heterocycles. The van der Waals surface area contributed by atoms with Crippen molar-refractivity contribution in [2.24, 2.45) is 12.0 Å². The molecule has 0 spiro atoms. The number of carbonyl (C=O) groups excluding carboxylic acids is 3. The molecular weight excluding hydrogens is 533 g/mol. The van der Waals surface area contributed by atoms with Gasteiger partial charge in [0, 0.05) is 47.1 Å². The first kappa shape index (κ1) is 25.6. The Kier molecular flexibility index (Phi) is 6.51. The van der Waals surface area contributed by atoms with Gasteiger partial charge in [-0.1, -0.05) is 23.7 Å². The number of halogens is 2. The van der Waals surface area contributed by atoms with Crippen molar-refractivity contribution in [1.82, 2.24) is 15.1 Å². The normalized spacial score (nSPS) is 14.4. The lowest BCUT2D eigenvalue weighted by molar-refractivity contribution is 0.0916. The van der Waals surface area contributed by atoms with Crippen molar-refractivity contribution in [3.05, 3.63) is 106 Å². The number of hydrogen-bond acceptors (Lipinski definition) is 4. The second-order valence-corrected chi connectivity index (χ2v) is 10.2. The third-order valence-corrected chi connectivity index (χ3v) is 7.52. The maximum Gasteiger partial charge on any atom is 0.278 e. The van der Waals surface area contributed by atoms with E-state index in [0.29, 0.717) is 5.56 Å². The van der Waals surface area contributed by atoms with Crippen molar-refractivity contribution in [2.75, 3.05) is 5.32 Å². The van der Waals surface area contributed by atoms with Crippen LogP contribution in [-0.4, -0.2) is 39.3 Å². The van der Waals surface area contributed by atoms with Crippen LogP contribution in [0.3, 0.4) is 0 Å². The van der Waals surface area contributed by atoms with Gasteiger partial charge in [-0.2, -0.15) is 5.10 Å². The van der Waals surface area contributed by atoms with Gasteiger partial charge in [0.25, 0.3) is 17.7 Å². The van der Waals surface area contributed by atoms with E-state index in [-0.39, 0.29) is 50.6 Å². The highest BCUT2D eigenvalue weighted by Crippen LogP contribution is 2.34. The van der Waals surface area contributed by atoms with E-state index in [9.17, 15) is 18.8 Å². The third kappa shape index (κ3) is 4.69. The van der Waals surface area contributed by atoms with Gasteiger partial charge in [-0.05, 0) is 67.8 Å². The number of nitrogens with zero attached hydrogens (tertiary/aromatic N) is 3. The molecular formula is C30H23ClFN5O3. The van der Waals surface area contributed by atoms with Gasteiger partial charge in [0.05, 0.1) is 27.7 Å². The molecule has 3 amide bonds. The van der Waals surface area contributed by atoms with Crippen molar-refractivity contribution in [3.63, 3.8) is 0 Å². The number of aromatic nitrogens is 2. The summed E-state index contributed by atoms with van der Waals surface area (Å²) in [6.45, 7) is 0. The number of amides is 3. The first-order chi connectivity index (χ1) is 19.3. The Bertz CT molecular complexity index is 1740. The van der Waals surface area contributed by atoms with E-state index in [1.807, 2.05) is 12.1 Å². The first-order valence-electron chi connectivity index (χ1n) is 12.8. The van der Waals surface area contributed by atoms with E-state index in [0.717, 1.165) is 30.5 Å². The minimum absolute atomic E-state index is 0.0714. The van der Waals surface area contributed by atoms with E-state index in [1.165, 1.54) is 30.3 Å². The van der Waals surface area contributed by atoms with Crippen LogP contribution in [0.1, 0.15) is 61.5 Å². The van der Waals surface area contributed by atoms with Crippen molar-refractivity contribution in [1.29, 1.82) is 0 Å². The lowest BCUT2D eigenvalue weighted by atomic mass is 9.92. The first-order valence-corrected chi connectivity index (χ1v) is 13.1. The molecule has 2 heterocycles. The van der Waals surface area contributed by atoms with E-state index in [1.54, 1.807) is 36.1 Å². The molecule has 1 aromatic heterocycles. The van der Waals surface area contributed by atoms with Crippen molar-refractivity contribution < 1.29 is 18.8 Å². The Labute approximate surface area is 233 Å². The van der Waals surface area contributed by atoms with Gasteiger partial charge < -0.3 is 10.6 Å². The molecule has 2 aliphatic rings. The van der Waals surface area contributed by atoms with E-state index in [4.69, 9.17) is 11.6 Å². The molecule has 4 aromatic rings. The average molecular weight is 556 g/mol. The highest BCUT2D eigenvalue weighted by Gasteiger charge is 2.32. The van der Waals surface area contributed by atoms with Gasteiger partial charge in [0.1, 0.15) is 5.82 Å². The van der Waals surface area contributed by atoms with Gasteiger partial charge in [-0.3, -0.25) is 19.1 Å². The molecule has 1 aliphatic carbocycles. The molecule has 0 bridgehead atoms. The molecule has 0 radical (unpaired) electrons. The van der Waals surface area contributed by atoms with Crippen LogP contribution in [0.15, 0.2) is 71.9 Å². The Morgan fingerprint density at radius 3 is 2.55 bits per heavy atom. The molecule has 6 rings (SSSR count). The fraction of sp³-hybridized carbons (Fsp3) is 0.167. The minimum atomic E-state index is -0.614. The fourth-order valence-electron chi connectivity index (χ4n) is 4.88. The molecule has 1 saturated carbocycles.